The molecule has 82 valence electrons. The number of halogens is 3. The highest BCUT2D eigenvalue weighted by Gasteiger charge is 2.22. The van der Waals surface area contributed by atoms with E-state index in [9.17, 15) is 13.6 Å². The van der Waals surface area contributed by atoms with Gasteiger partial charge in [-0.15, -0.1) is 0 Å². The van der Waals surface area contributed by atoms with Crippen LogP contribution < -0.4 is 5.73 Å². The molecule has 15 heavy (non-hydrogen) atoms. The summed E-state index contributed by atoms with van der Waals surface area (Å²) in [6.45, 7) is -0.182. The lowest BCUT2D eigenvalue weighted by Crippen LogP contribution is -2.14. The van der Waals surface area contributed by atoms with Gasteiger partial charge in [0.2, 0.25) is 0 Å². The van der Waals surface area contributed by atoms with Gasteiger partial charge in [0.1, 0.15) is 3.70 Å². The van der Waals surface area contributed by atoms with E-state index in [0.29, 0.717) is 3.70 Å². The second-order valence-electron chi connectivity index (χ2n) is 2.67. The first-order valence-electron chi connectivity index (χ1n) is 3.88. The van der Waals surface area contributed by atoms with Crippen molar-refractivity contribution in [1.29, 1.82) is 0 Å². The van der Waals surface area contributed by atoms with Crippen LogP contribution in [-0.2, 0) is 6.54 Å². The Hall–Kier alpha value is -0.830. The van der Waals surface area contributed by atoms with Crippen LogP contribution in [0.25, 0.3) is 0 Å². The van der Waals surface area contributed by atoms with Gasteiger partial charge in [0.15, 0.2) is 0 Å². The monoisotopic (exact) mass is 328 g/mol. The zero-order valence-electron chi connectivity index (χ0n) is 7.38. The molecular weight excluding hydrogens is 321 g/mol. The van der Waals surface area contributed by atoms with E-state index in [1.807, 2.05) is 0 Å². The second-order valence-corrected chi connectivity index (χ2v) is 3.77. The summed E-state index contributed by atoms with van der Waals surface area (Å²) >= 11 is 1.73. The van der Waals surface area contributed by atoms with Crippen molar-refractivity contribution in [1.82, 2.24) is 4.98 Å². The molecule has 1 rings (SSSR count). The molecule has 0 aliphatic carbocycles. The molecule has 0 radical (unpaired) electrons. The summed E-state index contributed by atoms with van der Waals surface area (Å²) in [7, 11) is 0. The number of carboxylic acids is 1. The van der Waals surface area contributed by atoms with Gasteiger partial charge in [-0.1, -0.05) is 0 Å². The maximum absolute atomic E-state index is 12.5. The number of hydrogen-bond acceptors (Lipinski definition) is 3. The molecule has 0 atom stereocenters. The van der Waals surface area contributed by atoms with Gasteiger partial charge in [-0.3, -0.25) is 0 Å². The zero-order valence-corrected chi connectivity index (χ0v) is 9.53. The first-order chi connectivity index (χ1) is 6.97. The molecular formula is C8H7F2IN2O2. The third-order valence-corrected chi connectivity index (χ3v) is 2.29. The summed E-state index contributed by atoms with van der Waals surface area (Å²) in [5.41, 5.74) is 4.20. The summed E-state index contributed by atoms with van der Waals surface area (Å²) in [5.74, 6) is -1.44. The van der Waals surface area contributed by atoms with E-state index in [4.69, 9.17) is 10.8 Å². The van der Waals surface area contributed by atoms with Gasteiger partial charge in [-0.05, 0) is 28.7 Å². The highest BCUT2D eigenvalue weighted by Crippen LogP contribution is 2.26. The highest BCUT2D eigenvalue weighted by molar-refractivity contribution is 14.1. The van der Waals surface area contributed by atoms with E-state index < -0.39 is 23.5 Å². The lowest BCUT2D eigenvalue weighted by molar-refractivity contribution is 0.0682. The number of carbonyl (C=O) groups is 1. The number of hydrogen-bond donors (Lipinski definition) is 2. The average Bonchev–Trinajstić information content (AvgIpc) is 2.15. The predicted octanol–water partition coefficient (Wildman–Crippen LogP) is 1.78. The minimum Gasteiger partial charge on any atom is -0.478 e. The maximum atomic E-state index is 12.5. The van der Waals surface area contributed by atoms with E-state index in [-0.39, 0.29) is 12.2 Å². The van der Waals surface area contributed by atoms with Crippen molar-refractivity contribution in [2.24, 2.45) is 5.73 Å². The third-order valence-electron chi connectivity index (χ3n) is 1.74. The Morgan fingerprint density at radius 3 is 2.67 bits per heavy atom. The Kier molecular flexibility index (Phi) is 3.91. The van der Waals surface area contributed by atoms with Crippen molar-refractivity contribution < 1.29 is 18.7 Å². The van der Waals surface area contributed by atoms with Crippen molar-refractivity contribution >= 4 is 28.6 Å². The maximum Gasteiger partial charge on any atom is 0.338 e. The van der Waals surface area contributed by atoms with E-state index in [1.54, 1.807) is 22.6 Å². The summed E-state index contributed by atoms with van der Waals surface area (Å²) in [6, 6.07) is 1.05. The number of rotatable bonds is 3. The fourth-order valence-electron chi connectivity index (χ4n) is 1.15. The third kappa shape index (κ3) is 2.59. The van der Waals surface area contributed by atoms with Crippen LogP contribution in [0.3, 0.4) is 0 Å². The topological polar surface area (TPSA) is 76.2 Å². The number of pyridine rings is 1. The van der Waals surface area contributed by atoms with Crippen molar-refractivity contribution in [3.63, 3.8) is 0 Å². The van der Waals surface area contributed by atoms with Crippen molar-refractivity contribution in [3.8, 4) is 0 Å². The molecule has 1 heterocycles. The van der Waals surface area contributed by atoms with Crippen molar-refractivity contribution in [3.05, 3.63) is 26.6 Å². The smallest absolute Gasteiger partial charge is 0.338 e. The lowest BCUT2D eigenvalue weighted by Gasteiger charge is -2.09. The summed E-state index contributed by atoms with van der Waals surface area (Å²) in [5, 5.41) is 8.79. The molecule has 0 bridgehead atoms. The molecule has 0 spiro atoms. The van der Waals surface area contributed by atoms with Crippen LogP contribution in [0.15, 0.2) is 6.07 Å². The Balaban J connectivity index is 3.47. The molecule has 0 aliphatic rings. The van der Waals surface area contributed by atoms with Gasteiger partial charge >= 0.3 is 5.97 Å². The minimum absolute atomic E-state index is 0.0234. The summed E-state index contributed by atoms with van der Waals surface area (Å²) in [4.78, 5) is 14.6. The van der Waals surface area contributed by atoms with Crippen LogP contribution in [0.1, 0.15) is 28.0 Å². The standard InChI is InChI=1S/C8H7F2IN2O2/c9-7(10)3-1-5(11)13-4(2-12)6(3)8(14)15/h1,7H,2,12H2,(H,14,15). The molecule has 1 aromatic rings. The van der Waals surface area contributed by atoms with E-state index in [0.717, 1.165) is 6.07 Å². The average molecular weight is 328 g/mol. The van der Waals surface area contributed by atoms with Crippen LogP contribution in [0, 0.1) is 3.70 Å². The SMILES string of the molecule is NCc1nc(I)cc(C(F)F)c1C(=O)O. The number of carboxylic acid groups (broad SMARTS) is 1. The number of alkyl halides is 2. The molecule has 0 aliphatic heterocycles. The Bertz CT molecular complexity index is 398. The van der Waals surface area contributed by atoms with Gasteiger partial charge in [0.05, 0.1) is 11.3 Å². The molecule has 0 aromatic carbocycles. The minimum atomic E-state index is -2.85. The first kappa shape index (κ1) is 12.2. The van der Waals surface area contributed by atoms with Gasteiger partial charge in [-0.2, -0.15) is 0 Å². The number of nitrogens with zero attached hydrogens (tertiary/aromatic N) is 1. The lowest BCUT2D eigenvalue weighted by atomic mass is 10.1. The summed E-state index contributed by atoms with van der Waals surface area (Å²) < 4.78 is 25.4. The molecule has 1 aromatic heterocycles. The fraction of sp³-hybridized carbons (Fsp3) is 0.250. The van der Waals surface area contributed by atoms with Crippen LogP contribution >= 0.6 is 22.6 Å². The fourth-order valence-corrected chi connectivity index (χ4v) is 1.78. The zero-order chi connectivity index (χ0) is 11.6. The van der Waals surface area contributed by atoms with Crippen LogP contribution in [-0.4, -0.2) is 16.1 Å². The number of nitrogens with two attached hydrogens (primary N) is 1. The first-order valence-corrected chi connectivity index (χ1v) is 4.96. The normalized spacial score (nSPS) is 10.7. The van der Waals surface area contributed by atoms with Crippen molar-refractivity contribution in [2.75, 3.05) is 0 Å². The molecule has 0 amide bonds. The molecule has 3 N–H and O–H groups in total. The molecule has 0 unspecified atom stereocenters. The molecule has 4 nitrogen and oxygen atoms in total. The van der Waals surface area contributed by atoms with E-state index in [2.05, 4.69) is 4.98 Å². The molecule has 0 saturated heterocycles. The van der Waals surface area contributed by atoms with E-state index in [1.165, 1.54) is 0 Å². The van der Waals surface area contributed by atoms with Gasteiger partial charge < -0.3 is 10.8 Å². The Morgan fingerprint density at radius 2 is 2.27 bits per heavy atom. The number of aromatic nitrogens is 1. The Labute approximate surface area is 97.6 Å². The van der Waals surface area contributed by atoms with Gasteiger partial charge in [0, 0.05) is 12.1 Å². The van der Waals surface area contributed by atoms with Crippen molar-refractivity contribution in [2.45, 2.75) is 13.0 Å². The van der Waals surface area contributed by atoms with E-state index >= 15 is 0 Å². The van der Waals surface area contributed by atoms with Gasteiger partial charge in [0.25, 0.3) is 6.43 Å². The van der Waals surface area contributed by atoms with Crippen LogP contribution in [0.5, 0.6) is 0 Å². The molecule has 7 heteroatoms. The summed E-state index contributed by atoms with van der Waals surface area (Å²) in [6.07, 6.45) is -2.85. The molecule has 0 saturated carbocycles. The Morgan fingerprint density at radius 1 is 1.67 bits per heavy atom. The van der Waals surface area contributed by atoms with Gasteiger partial charge in [-0.25, -0.2) is 18.6 Å². The quantitative estimate of drug-likeness (QED) is 0.655. The second kappa shape index (κ2) is 4.79. The number of aromatic carboxylic acids is 1. The highest BCUT2D eigenvalue weighted by atomic mass is 127. The molecule has 0 fully saturated rings. The van der Waals surface area contributed by atoms with Crippen LogP contribution in [0.2, 0.25) is 0 Å². The predicted molar refractivity (Wildman–Crippen MR) is 56.8 cm³/mol. The van der Waals surface area contributed by atoms with Crippen LogP contribution in [0.4, 0.5) is 8.78 Å². The largest absolute Gasteiger partial charge is 0.478 e.